The van der Waals surface area contributed by atoms with E-state index in [4.69, 9.17) is 0 Å². The first-order valence-corrected chi connectivity index (χ1v) is 7.94. The molecule has 2 N–H and O–H groups in total. The molecule has 1 atom stereocenters. The van der Waals surface area contributed by atoms with Crippen LogP contribution in [0.15, 0.2) is 36.5 Å². The Morgan fingerprint density at radius 3 is 2.42 bits per heavy atom. The Morgan fingerprint density at radius 1 is 1.25 bits per heavy atom. The average Bonchev–Trinajstić information content (AvgIpc) is 2.98. The van der Waals surface area contributed by atoms with E-state index in [2.05, 4.69) is 36.5 Å². The van der Waals surface area contributed by atoms with Gasteiger partial charge in [0.1, 0.15) is 0 Å². The highest BCUT2D eigenvalue weighted by atomic mass is 35.5. The molecule has 1 unspecified atom stereocenters. The topological polar surface area (TPSA) is 58.9 Å². The highest BCUT2D eigenvalue weighted by Crippen LogP contribution is 2.25. The predicted octanol–water partition coefficient (Wildman–Crippen LogP) is 2.93. The maximum Gasteiger partial charge on any atom is 0.254 e. The largest absolute Gasteiger partial charge is 0.350 e. The summed E-state index contributed by atoms with van der Waals surface area (Å²) in [6.07, 6.45) is 1.81. The number of halogens is 1. The van der Waals surface area contributed by atoms with Crippen molar-refractivity contribution in [1.29, 1.82) is 0 Å². The molecule has 24 heavy (non-hydrogen) atoms. The van der Waals surface area contributed by atoms with E-state index >= 15 is 0 Å². The Bertz CT molecular complexity index is 661. The van der Waals surface area contributed by atoms with Crippen LogP contribution in [0, 0.1) is 0 Å². The summed E-state index contributed by atoms with van der Waals surface area (Å²) in [4.78, 5) is 12.6. The van der Waals surface area contributed by atoms with Gasteiger partial charge in [0.15, 0.2) is 0 Å². The van der Waals surface area contributed by atoms with Crippen molar-refractivity contribution in [2.75, 3.05) is 13.6 Å². The summed E-state index contributed by atoms with van der Waals surface area (Å²) in [6.45, 7) is 8.81. The van der Waals surface area contributed by atoms with E-state index in [0.29, 0.717) is 12.1 Å². The zero-order valence-corrected chi connectivity index (χ0v) is 15.8. The third-order valence-electron chi connectivity index (χ3n) is 3.75. The standard InChI is InChI=1S/C18H26N4O.ClH/c1-13(19-5)11-20-17(23)15-12-22(14-9-7-6-8-10-14)21-16(15)18(2,3)4;/h6-10,12-13,19H,11H2,1-5H3,(H,20,23);1H. The molecule has 132 valence electrons. The lowest BCUT2D eigenvalue weighted by molar-refractivity contribution is 0.0948. The van der Waals surface area contributed by atoms with Crippen LogP contribution in [0.25, 0.3) is 5.69 Å². The van der Waals surface area contributed by atoms with Gasteiger partial charge in [0.05, 0.1) is 16.9 Å². The lowest BCUT2D eigenvalue weighted by Crippen LogP contribution is -2.37. The van der Waals surface area contributed by atoms with Crippen LogP contribution in [0.1, 0.15) is 43.7 Å². The quantitative estimate of drug-likeness (QED) is 0.871. The zero-order chi connectivity index (χ0) is 17.0. The van der Waals surface area contributed by atoms with Crippen LogP contribution in [0.2, 0.25) is 0 Å². The summed E-state index contributed by atoms with van der Waals surface area (Å²) in [5.74, 6) is -0.0841. The van der Waals surface area contributed by atoms with Crippen molar-refractivity contribution in [3.8, 4) is 5.69 Å². The summed E-state index contributed by atoms with van der Waals surface area (Å²) in [7, 11) is 1.88. The first-order valence-electron chi connectivity index (χ1n) is 7.94. The van der Waals surface area contributed by atoms with E-state index in [1.165, 1.54) is 0 Å². The molecule has 2 rings (SSSR count). The molecular weight excluding hydrogens is 324 g/mol. The number of benzene rings is 1. The Morgan fingerprint density at radius 2 is 1.88 bits per heavy atom. The van der Waals surface area contributed by atoms with E-state index in [9.17, 15) is 4.79 Å². The molecule has 0 saturated heterocycles. The van der Waals surface area contributed by atoms with Gasteiger partial charge in [-0.2, -0.15) is 5.10 Å². The van der Waals surface area contributed by atoms with Gasteiger partial charge in [0, 0.05) is 24.2 Å². The van der Waals surface area contributed by atoms with Gasteiger partial charge >= 0.3 is 0 Å². The molecule has 0 aliphatic heterocycles. The van der Waals surface area contributed by atoms with Gasteiger partial charge in [-0.1, -0.05) is 39.0 Å². The maximum absolute atomic E-state index is 12.6. The van der Waals surface area contributed by atoms with Crippen molar-refractivity contribution in [3.05, 3.63) is 47.8 Å². The van der Waals surface area contributed by atoms with Crippen LogP contribution in [-0.2, 0) is 5.41 Å². The van der Waals surface area contributed by atoms with Crippen molar-refractivity contribution in [3.63, 3.8) is 0 Å². The molecule has 1 aromatic carbocycles. The zero-order valence-electron chi connectivity index (χ0n) is 15.0. The third-order valence-corrected chi connectivity index (χ3v) is 3.75. The van der Waals surface area contributed by atoms with Crippen LogP contribution in [0.5, 0.6) is 0 Å². The summed E-state index contributed by atoms with van der Waals surface area (Å²) in [6, 6.07) is 10.1. The number of nitrogens with one attached hydrogen (secondary N) is 2. The second kappa shape index (κ2) is 8.31. The van der Waals surface area contributed by atoms with E-state index in [-0.39, 0.29) is 29.8 Å². The molecule has 0 aliphatic rings. The average molecular weight is 351 g/mol. The minimum atomic E-state index is -0.207. The Labute approximate surface area is 150 Å². The number of para-hydroxylation sites is 1. The number of hydrogen-bond acceptors (Lipinski definition) is 3. The van der Waals surface area contributed by atoms with Crippen molar-refractivity contribution in [2.24, 2.45) is 0 Å². The van der Waals surface area contributed by atoms with Crippen molar-refractivity contribution in [2.45, 2.75) is 39.2 Å². The van der Waals surface area contributed by atoms with E-state index in [1.807, 2.05) is 50.5 Å². The second-order valence-electron chi connectivity index (χ2n) is 6.82. The molecule has 1 amide bonds. The molecule has 0 fully saturated rings. The fourth-order valence-electron chi connectivity index (χ4n) is 2.25. The van der Waals surface area contributed by atoms with Gasteiger partial charge in [0.2, 0.25) is 0 Å². The molecule has 0 radical (unpaired) electrons. The number of carbonyl (C=O) groups is 1. The Balaban J connectivity index is 0.00000288. The molecule has 2 aromatic rings. The molecule has 1 aromatic heterocycles. The van der Waals surface area contributed by atoms with Gasteiger partial charge in [-0.3, -0.25) is 4.79 Å². The Kier molecular flexibility index (Phi) is 6.99. The van der Waals surface area contributed by atoms with E-state index in [1.54, 1.807) is 4.68 Å². The fraction of sp³-hybridized carbons (Fsp3) is 0.444. The highest BCUT2D eigenvalue weighted by Gasteiger charge is 2.26. The lowest BCUT2D eigenvalue weighted by atomic mass is 9.89. The molecule has 5 nitrogen and oxygen atoms in total. The number of aromatic nitrogens is 2. The molecule has 6 heteroatoms. The van der Waals surface area contributed by atoms with Crippen LogP contribution < -0.4 is 10.6 Å². The normalized spacial score (nSPS) is 12.4. The van der Waals surface area contributed by atoms with Gasteiger partial charge in [-0.05, 0) is 26.1 Å². The number of amides is 1. The summed E-state index contributed by atoms with van der Waals surface area (Å²) >= 11 is 0. The molecule has 0 saturated carbocycles. The smallest absolute Gasteiger partial charge is 0.254 e. The number of rotatable bonds is 5. The molecule has 0 spiro atoms. The number of carbonyl (C=O) groups excluding carboxylic acids is 1. The van der Waals surface area contributed by atoms with Crippen molar-refractivity contribution < 1.29 is 4.79 Å². The van der Waals surface area contributed by atoms with Crippen LogP contribution in [0.3, 0.4) is 0 Å². The lowest BCUT2D eigenvalue weighted by Gasteiger charge is -2.18. The summed E-state index contributed by atoms with van der Waals surface area (Å²) in [5, 5.41) is 10.7. The molecule has 1 heterocycles. The van der Waals surface area contributed by atoms with E-state index < -0.39 is 0 Å². The SMILES string of the molecule is CNC(C)CNC(=O)c1cn(-c2ccccc2)nc1C(C)(C)C.Cl. The minimum absolute atomic E-state index is 0. The fourth-order valence-corrected chi connectivity index (χ4v) is 2.25. The van der Waals surface area contributed by atoms with Crippen LogP contribution in [-0.4, -0.2) is 35.3 Å². The number of likely N-dealkylation sites (N-methyl/N-ethyl adjacent to an activating group) is 1. The van der Waals surface area contributed by atoms with Crippen LogP contribution in [0.4, 0.5) is 0 Å². The molecular formula is C18H27ClN4O. The van der Waals surface area contributed by atoms with Gasteiger partial charge < -0.3 is 10.6 Å². The van der Waals surface area contributed by atoms with Crippen molar-refractivity contribution in [1.82, 2.24) is 20.4 Å². The van der Waals surface area contributed by atoms with Gasteiger partial charge in [-0.15, -0.1) is 12.4 Å². The minimum Gasteiger partial charge on any atom is -0.350 e. The third kappa shape index (κ3) is 4.82. The summed E-state index contributed by atoms with van der Waals surface area (Å²) in [5.41, 5.74) is 2.17. The first-order chi connectivity index (χ1) is 10.8. The molecule has 0 bridgehead atoms. The monoisotopic (exact) mass is 350 g/mol. The highest BCUT2D eigenvalue weighted by molar-refractivity contribution is 5.95. The Hall–Kier alpha value is -1.85. The number of hydrogen-bond donors (Lipinski definition) is 2. The second-order valence-corrected chi connectivity index (χ2v) is 6.82. The van der Waals surface area contributed by atoms with Gasteiger partial charge in [0.25, 0.3) is 5.91 Å². The van der Waals surface area contributed by atoms with Crippen molar-refractivity contribution >= 4 is 18.3 Å². The molecule has 0 aliphatic carbocycles. The first kappa shape index (κ1) is 20.2. The van der Waals surface area contributed by atoms with E-state index in [0.717, 1.165) is 11.4 Å². The number of nitrogens with zero attached hydrogens (tertiary/aromatic N) is 2. The maximum atomic E-state index is 12.6. The summed E-state index contributed by atoms with van der Waals surface area (Å²) < 4.78 is 1.77. The van der Waals surface area contributed by atoms with Crippen LogP contribution >= 0.6 is 12.4 Å². The van der Waals surface area contributed by atoms with Gasteiger partial charge in [-0.25, -0.2) is 4.68 Å². The predicted molar refractivity (Wildman–Crippen MR) is 100 cm³/mol.